The maximum absolute atomic E-state index is 12.7. The number of likely N-dealkylation sites (tertiary alicyclic amines) is 2. The number of urea groups is 1. The largest absolute Gasteiger partial charge is 0.351 e. The number of piperidine rings is 1. The maximum Gasteiger partial charge on any atom is 0.314 e. The van der Waals surface area contributed by atoms with Gasteiger partial charge in [0.1, 0.15) is 0 Å². The van der Waals surface area contributed by atoms with E-state index in [1.54, 1.807) is 4.90 Å². The van der Waals surface area contributed by atoms with Crippen LogP contribution >= 0.6 is 0 Å². The van der Waals surface area contributed by atoms with E-state index in [1.165, 1.54) is 11.1 Å². The average molecular weight is 341 g/mol. The second kappa shape index (κ2) is 6.36. The van der Waals surface area contributed by atoms with E-state index in [9.17, 15) is 9.59 Å². The van der Waals surface area contributed by atoms with Crippen LogP contribution in [0, 0.1) is 0 Å². The van der Waals surface area contributed by atoms with E-state index in [0.29, 0.717) is 18.2 Å². The fraction of sp³-hybridized carbons (Fsp3) is 0.600. The molecule has 2 saturated heterocycles. The Bertz CT molecular complexity index is 673. The minimum Gasteiger partial charge on any atom is -0.351 e. The van der Waals surface area contributed by atoms with Gasteiger partial charge in [0.2, 0.25) is 5.91 Å². The van der Waals surface area contributed by atoms with E-state index >= 15 is 0 Å². The highest BCUT2D eigenvalue weighted by molar-refractivity contribution is 5.78. The Hall–Kier alpha value is -2.04. The molecule has 5 nitrogen and oxygen atoms in total. The monoisotopic (exact) mass is 341 g/mol. The van der Waals surface area contributed by atoms with E-state index in [4.69, 9.17) is 5.73 Å². The van der Waals surface area contributed by atoms with E-state index in [-0.39, 0.29) is 11.4 Å². The number of amides is 3. The predicted octanol–water partition coefficient (Wildman–Crippen LogP) is 2.60. The van der Waals surface area contributed by atoms with E-state index in [0.717, 1.165) is 58.3 Å². The second-order valence-electron chi connectivity index (χ2n) is 7.89. The molecule has 1 atom stereocenters. The molecule has 3 aliphatic rings. The Labute approximate surface area is 149 Å². The quantitative estimate of drug-likeness (QED) is 0.898. The number of fused-ring (bicyclic) bond motifs is 2. The molecule has 1 unspecified atom stereocenters. The Morgan fingerprint density at radius 1 is 1.04 bits per heavy atom. The van der Waals surface area contributed by atoms with Crippen LogP contribution in [0.2, 0.25) is 0 Å². The maximum atomic E-state index is 12.7. The number of carbonyl (C=O) groups excluding carboxylic acids is 2. The fourth-order valence-corrected chi connectivity index (χ4v) is 5.14. The molecule has 0 aromatic heterocycles. The van der Waals surface area contributed by atoms with Gasteiger partial charge in [-0.2, -0.15) is 0 Å². The highest BCUT2D eigenvalue weighted by Crippen LogP contribution is 2.52. The molecule has 2 heterocycles. The summed E-state index contributed by atoms with van der Waals surface area (Å²) in [4.78, 5) is 27.9. The molecular weight excluding hydrogens is 314 g/mol. The number of nitrogens with zero attached hydrogens (tertiary/aromatic N) is 2. The van der Waals surface area contributed by atoms with Crippen molar-refractivity contribution >= 4 is 11.9 Å². The van der Waals surface area contributed by atoms with Crippen LogP contribution in [0.4, 0.5) is 4.79 Å². The van der Waals surface area contributed by atoms with Crippen LogP contribution < -0.4 is 5.73 Å². The standard InChI is InChI=1S/C20H27N3O2/c21-19(25)23-11-7-20(8-12-23)14-15(16-5-1-2-6-17(16)20)13-18(24)22-9-3-4-10-22/h1-2,5-6,15H,3-4,7-14H2,(H2,21,25). The third-order valence-electron chi connectivity index (χ3n) is 6.52. The smallest absolute Gasteiger partial charge is 0.314 e. The highest BCUT2D eigenvalue weighted by Gasteiger charge is 2.46. The molecule has 1 aliphatic carbocycles. The third kappa shape index (κ3) is 2.90. The van der Waals surface area contributed by atoms with Crippen LogP contribution in [0.1, 0.15) is 55.6 Å². The number of carbonyl (C=O) groups is 2. The molecule has 2 aliphatic heterocycles. The summed E-state index contributed by atoms with van der Waals surface area (Å²) in [6.45, 7) is 3.28. The summed E-state index contributed by atoms with van der Waals surface area (Å²) in [5.74, 6) is 0.619. The van der Waals surface area contributed by atoms with Crippen LogP contribution in [0.25, 0.3) is 0 Å². The fourth-order valence-electron chi connectivity index (χ4n) is 5.14. The lowest BCUT2D eigenvalue weighted by Gasteiger charge is -2.39. The van der Waals surface area contributed by atoms with Crippen molar-refractivity contribution in [3.8, 4) is 0 Å². The van der Waals surface area contributed by atoms with Crippen molar-refractivity contribution in [2.24, 2.45) is 5.73 Å². The Balaban J connectivity index is 1.54. The number of hydrogen-bond donors (Lipinski definition) is 1. The van der Waals surface area contributed by atoms with Gasteiger partial charge in [0.15, 0.2) is 0 Å². The van der Waals surface area contributed by atoms with Gasteiger partial charge in [0.25, 0.3) is 0 Å². The van der Waals surface area contributed by atoms with Crippen molar-refractivity contribution < 1.29 is 9.59 Å². The number of primary amides is 1. The molecule has 1 spiro atoms. The zero-order chi connectivity index (χ0) is 17.4. The van der Waals surface area contributed by atoms with Gasteiger partial charge in [-0.25, -0.2) is 4.79 Å². The summed E-state index contributed by atoms with van der Waals surface area (Å²) in [5.41, 5.74) is 8.31. The summed E-state index contributed by atoms with van der Waals surface area (Å²) in [6.07, 6.45) is 5.82. The van der Waals surface area contributed by atoms with Crippen LogP contribution in [0.5, 0.6) is 0 Å². The number of nitrogens with two attached hydrogens (primary N) is 1. The van der Waals surface area contributed by atoms with Gasteiger partial charge < -0.3 is 15.5 Å². The third-order valence-corrected chi connectivity index (χ3v) is 6.52. The normalized spacial score (nSPS) is 24.6. The average Bonchev–Trinajstić information content (AvgIpc) is 3.24. The molecule has 2 fully saturated rings. The first-order valence-corrected chi connectivity index (χ1v) is 9.51. The molecule has 134 valence electrons. The lowest BCUT2D eigenvalue weighted by atomic mass is 9.73. The lowest BCUT2D eigenvalue weighted by Crippen LogP contribution is -2.46. The van der Waals surface area contributed by atoms with Crippen LogP contribution in [-0.2, 0) is 10.2 Å². The number of benzene rings is 1. The van der Waals surface area contributed by atoms with Crippen LogP contribution in [0.3, 0.4) is 0 Å². The molecule has 0 bridgehead atoms. The molecule has 5 heteroatoms. The van der Waals surface area contributed by atoms with Gasteiger partial charge in [-0.1, -0.05) is 24.3 Å². The zero-order valence-electron chi connectivity index (χ0n) is 14.7. The van der Waals surface area contributed by atoms with Gasteiger partial charge in [-0.15, -0.1) is 0 Å². The van der Waals surface area contributed by atoms with Crippen molar-refractivity contribution in [2.45, 2.75) is 49.9 Å². The molecule has 1 aromatic rings. The van der Waals surface area contributed by atoms with Crippen molar-refractivity contribution in [3.05, 3.63) is 35.4 Å². The molecule has 2 N–H and O–H groups in total. The Morgan fingerprint density at radius 3 is 2.40 bits per heavy atom. The summed E-state index contributed by atoms with van der Waals surface area (Å²) in [6, 6.07) is 8.30. The van der Waals surface area contributed by atoms with Gasteiger partial charge in [0, 0.05) is 32.6 Å². The molecule has 4 rings (SSSR count). The van der Waals surface area contributed by atoms with E-state index in [1.807, 2.05) is 4.90 Å². The lowest BCUT2D eigenvalue weighted by molar-refractivity contribution is -0.130. The first kappa shape index (κ1) is 16.4. The van der Waals surface area contributed by atoms with E-state index < -0.39 is 0 Å². The van der Waals surface area contributed by atoms with Gasteiger partial charge in [-0.05, 0) is 54.6 Å². The summed E-state index contributed by atoms with van der Waals surface area (Å²) >= 11 is 0. The molecule has 25 heavy (non-hydrogen) atoms. The molecule has 3 amide bonds. The predicted molar refractivity (Wildman–Crippen MR) is 96.3 cm³/mol. The van der Waals surface area contributed by atoms with Crippen LogP contribution in [-0.4, -0.2) is 47.9 Å². The zero-order valence-corrected chi connectivity index (χ0v) is 14.7. The van der Waals surface area contributed by atoms with Crippen LogP contribution in [0.15, 0.2) is 24.3 Å². The van der Waals surface area contributed by atoms with Crippen molar-refractivity contribution in [2.75, 3.05) is 26.2 Å². The highest BCUT2D eigenvalue weighted by atomic mass is 16.2. The van der Waals surface area contributed by atoms with E-state index in [2.05, 4.69) is 24.3 Å². The summed E-state index contributed by atoms with van der Waals surface area (Å²) in [5, 5.41) is 0. The second-order valence-corrected chi connectivity index (χ2v) is 7.89. The molecular formula is C20H27N3O2. The minimum absolute atomic E-state index is 0.110. The van der Waals surface area contributed by atoms with Crippen molar-refractivity contribution in [1.29, 1.82) is 0 Å². The Morgan fingerprint density at radius 2 is 1.72 bits per heavy atom. The first-order chi connectivity index (χ1) is 12.1. The summed E-state index contributed by atoms with van der Waals surface area (Å²) in [7, 11) is 0. The van der Waals surface area contributed by atoms with Gasteiger partial charge in [0.05, 0.1) is 0 Å². The van der Waals surface area contributed by atoms with Gasteiger partial charge in [-0.3, -0.25) is 4.79 Å². The van der Waals surface area contributed by atoms with Crippen molar-refractivity contribution in [3.63, 3.8) is 0 Å². The molecule has 1 aromatic carbocycles. The topological polar surface area (TPSA) is 66.6 Å². The number of rotatable bonds is 2. The first-order valence-electron chi connectivity index (χ1n) is 9.51. The van der Waals surface area contributed by atoms with Crippen molar-refractivity contribution in [1.82, 2.24) is 9.80 Å². The minimum atomic E-state index is -0.318. The molecule has 0 radical (unpaired) electrons. The van der Waals surface area contributed by atoms with Gasteiger partial charge >= 0.3 is 6.03 Å². The Kier molecular flexibility index (Phi) is 4.18. The number of hydrogen-bond acceptors (Lipinski definition) is 2. The summed E-state index contributed by atoms with van der Waals surface area (Å²) < 4.78 is 0. The SMILES string of the molecule is NC(=O)N1CCC2(CC1)CC(CC(=O)N1CCCC1)c1ccccc12. The molecule has 0 saturated carbocycles.